The maximum atomic E-state index is 13.2. The minimum atomic E-state index is -3.82. The molecule has 5 rings (SSSR count). The molecule has 0 bridgehead atoms. The van der Waals surface area contributed by atoms with E-state index in [0.717, 1.165) is 12.8 Å². The van der Waals surface area contributed by atoms with Crippen molar-refractivity contribution in [1.82, 2.24) is 18.5 Å². The van der Waals surface area contributed by atoms with E-state index in [1.54, 1.807) is 49.5 Å². The van der Waals surface area contributed by atoms with E-state index in [9.17, 15) is 13.2 Å². The third-order valence-corrected chi connectivity index (χ3v) is 7.24. The average Bonchev–Trinajstić information content (AvgIpc) is 3.50. The molecule has 0 N–H and O–H groups in total. The Morgan fingerprint density at radius 3 is 2.72 bits per heavy atom. The van der Waals surface area contributed by atoms with Crippen molar-refractivity contribution in [2.24, 2.45) is 0 Å². The first-order valence-corrected chi connectivity index (χ1v) is 11.8. The minimum Gasteiger partial charge on any atom is -0.455 e. The predicted molar refractivity (Wildman–Crippen MR) is 116 cm³/mol. The monoisotopic (exact) mass is 454 g/mol. The first kappa shape index (κ1) is 20.7. The highest BCUT2D eigenvalue weighted by Gasteiger charge is 2.29. The van der Waals surface area contributed by atoms with E-state index in [0.29, 0.717) is 34.5 Å². The third-order valence-electron chi connectivity index (χ3n) is 5.56. The van der Waals surface area contributed by atoms with E-state index < -0.39 is 22.1 Å². The van der Waals surface area contributed by atoms with Crippen LogP contribution in [-0.2, 0) is 24.3 Å². The highest BCUT2D eigenvalue weighted by Crippen LogP contribution is 2.36. The van der Waals surface area contributed by atoms with Gasteiger partial charge in [0, 0.05) is 25.1 Å². The molecule has 0 amide bonds. The van der Waals surface area contributed by atoms with E-state index >= 15 is 0 Å². The van der Waals surface area contributed by atoms with Gasteiger partial charge < -0.3 is 9.47 Å². The second-order valence-electron chi connectivity index (χ2n) is 7.72. The summed E-state index contributed by atoms with van der Waals surface area (Å²) in [6.45, 7) is 3.72. The number of hydrogen-bond donors (Lipinski definition) is 0. The normalized spacial score (nSPS) is 17.8. The van der Waals surface area contributed by atoms with Crippen LogP contribution in [0.5, 0.6) is 0 Å². The number of carbonyl (C=O) groups is 1. The van der Waals surface area contributed by atoms with Gasteiger partial charge >= 0.3 is 5.97 Å². The molecule has 1 aliphatic rings. The molecule has 166 valence electrons. The number of rotatable bonds is 5. The van der Waals surface area contributed by atoms with Gasteiger partial charge in [0.25, 0.3) is 10.0 Å². The first-order chi connectivity index (χ1) is 15.4. The minimum absolute atomic E-state index is 0.177. The molecule has 1 aliphatic heterocycles. The predicted octanol–water partition coefficient (Wildman–Crippen LogP) is 3.56. The van der Waals surface area contributed by atoms with Crippen molar-refractivity contribution < 1.29 is 22.7 Å². The topological polar surface area (TPSA) is 105 Å². The van der Waals surface area contributed by atoms with Crippen molar-refractivity contribution in [3.8, 4) is 0 Å². The number of benzene rings is 1. The van der Waals surface area contributed by atoms with Gasteiger partial charge in [-0.3, -0.25) is 9.36 Å². The molecule has 1 unspecified atom stereocenters. The van der Waals surface area contributed by atoms with Crippen molar-refractivity contribution in [2.45, 2.75) is 43.9 Å². The van der Waals surface area contributed by atoms with Gasteiger partial charge in [-0.15, -0.1) is 0 Å². The highest BCUT2D eigenvalue weighted by molar-refractivity contribution is 7.90. The van der Waals surface area contributed by atoms with Crippen LogP contribution in [0, 0.1) is 0 Å². The van der Waals surface area contributed by atoms with Crippen molar-refractivity contribution in [1.29, 1.82) is 0 Å². The molecule has 3 aromatic heterocycles. The quantitative estimate of drug-likeness (QED) is 0.425. The van der Waals surface area contributed by atoms with Gasteiger partial charge in [0.05, 0.1) is 16.6 Å². The van der Waals surface area contributed by atoms with Crippen LogP contribution in [0.25, 0.3) is 22.1 Å². The summed E-state index contributed by atoms with van der Waals surface area (Å²) in [6.07, 6.45) is 3.83. The number of esters is 1. The lowest BCUT2D eigenvalue weighted by molar-refractivity contribution is -0.146. The second-order valence-corrected chi connectivity index (χ2v) is 9.53. The smallest absolute Gasteiger partial charge is 0.303 e. The fraction of sp³-hybridized carbons (Fsp3) is 0.318. The lowest BCUT2D eigenvalue weighted by Gasteiger charge is -2.19. The molecule has 0 saturated carbocycles. The van der Waals surface area contributed by atoms with Gasteiger partial charge in [0.2, 0.25) is 0 Å². The molecule has 10 heteroatoms. The third kappa shape index (κ3) is 3.26. The summed E-state index contributed by atoms with van der Waals surface area (Å²) in [5, 5.41) is 0.631. The maximum absolute atomic E-state index is 13.2. The Hall–Kier alpha value is -3.24. The van der Waals surface area contributed by atoms with E-state index in [1.165, 1.54) is 17.1 Å². The molecule has 4 heterocycles. The van der Waals surface area contributed by atoms with Crippen molar-refractivity contribution in [2.75, 3.05) is 6.61 Å². The van der Waals surface area contributed by atoms with Crippen molar-refractivity contribution in [3.63, 3.8) is 0 Å². The highest BCUT2D eigenvalue weighted by atomic mass is 32.2. The van der Waals surface area contributed by atoms with Gasteiger partial charge in [-0.1, -0.05) is 18.2 Å². The number of fused-ring (bicyclic) bond motifs is 3. The molecule has 1 fully saturated rings. The largest absolute Gasteiger partial charge is 0.455 e. The number of imidazole rings is 1. The van der Waals surface area contributed by atoms with Gasteiger partial charge in [-0.05, 0) is 38.0 Å². The van der Waals surface area contributed by atoms with E-state index in [1.807, 2.05) is 4.57 Å². The Morgan fingerprint density at radius 1 is 1.25 bits per heavy atom. The zero-order valence-electron chi connectivity index (χ0n) is 17.6. The van der Waals surface area contributed by atoms with Gasteiger partial charge in [0.15, 0.2) is 17.6 Å². The van der Waals surface area contributed by atoms with E-state index in [-0.39, 0.29) is 11.1 Å². The van der Waals surface area contributed by atoms with Gasteiger partial charge in [-0.2, -0.15) is 0 Å². The van der Waals surface area contributed by atoms with Crippen LogP contribution in [0.15, 0.2) is 53.7 Å². The molecule has 2 atom stereocenters. The standard InChI is InChI=1S/C22H22N4O5S/c1-14(31-15(2)27)21-24-18-13-23-22-17(20(18)26(21)19-9-6-12-30-19)10-11-25(22)32(28,29)16-7-4-3-5-8-16/h3-5,7-8,10-11,13-14,19H,6,9,12H2,1-2H3/t14-,19?/m1/s1. The maximum Gasteiger partial charge on any atom is 0.303 e. The number of ether oxygens (including phenoxy) is 2. The van der Waals surface area contributed by atoms with E-state index in [2.05, 4.69) is 9.97 Å². The molecule has 0 radical (unpaired) electrons. The molecule has 1 aromatic carbocycles. The Bertz CT molecular complexity index is 1420. The summed E-state index contributed by atoms with van der Waals surface area (Å²) in [5.74, 6) is 0.127. The number of carbonyl (C=O) groups excluding carboxylic acids is 1. The molecule has 32 heavy (non-hydrogen) atoms. The molecular formula is C22H22N4O5S. The zero-order chi connectivity index (χ0) is 22.5. The summed E-state index contributed by atoms with van der Waals surface area (Å²) in [5.41, 5.74) is 1.59. The van der Waals surface area contributed by atoms with E-state index in [4.69, 9.17) is 9.47 Å². The Kier molecular flexibility index (Phi) is 4.98. The summed E-state index contributed by atoms with van der Waals surface area (Å²) in [4.78, 5) is 20.8. The number of pyridine rings is 1. The average molecular weight is 455 g/mol. The lowest BCUT2D eigenvalue weighted by Crippen LogP contribution is -2.16. The fourth-order valence-corrected chi connectivity index (χ4v) is 5.53. The summed E-state index contributed by atoms with van der Waals surface area (Å²) in [6, 6.07) is 9.95. The van der Waals surface area contributed by atoms with Crippen LogP contribution in [0.2, 0.25) is 0 Å². The van der Waals surface area contributed by atoms with Crippen molar-refractivity contribution in [3.05, 3.63) is 54.6 Å². The second kappa shape index (κ2) is 7.72. The number of hydrogen-bond acceptors (Lipinski definition) is 7. The number of nitrogens with zero attached hydrogens (tertiary/aromatic N) is 4. The van der Waals surface area contributed by atoms with Gasteiger partial charge in [-0.25, -0.2) is 22.4 Å². The molecule has 1 saturated heterocycles. The Morgan fingerprint density at radius 2 is 2.03 bits per heavy atom. The van der Waals surface area contributed by atoms with Gasteiger partial charge in [0.1, 0.15) is 11.7 Å². The van der Waals surface area contributed by atoms with Crippen LogP contribution >= 0.6 is 0 Å². The molecule has 9 nitrogen and oxygen atoms in total. The van der Waals surface area contributed by atoms with Crippen LogP contribution in [0.3, 0.4) is 0 Å². The molecular weight excluding hydrogens is 432 g/mol. The fourth-order valence-electron chi connectivity index (χ4n) is 4.21. The summed E-state index contributed by atoms with van der Waals surface area (Å²) in [7, 11) is -3.82. The van der Waals surface area contributed by atoms with Crippen LogP contribution < -0.4 is 0 Å². The number of aromatic nitrogens is 4. The molecule has 0 spiro atoms. The zero-order valence-corrected chi connectivity index (χ0v) is 18.4. The Labute approximate surface area is 184 Å². The van der Waals surface area contributed by atoms with Crippen LogP contribution in [0.1, 0.15) is 44.8 Å². The SMILES string of the molecule is CC(=O)O[C@H](C)c1nc2cnc3c(ccn3S(=O)(=O)c3ccccc3)c2n1C1CCCO1. The van der Waals surface area contributed by atoms with Crippen molar-refractivity contribution >= 4 is 38.1 Å². The summed E-state index contributed by atoms with van der Waals surface area (Å²) < 4.78 is 40.9. The molecule has 0 aliphatic carbocycles. The lowest BCUT2D eigenvalue weighted by atomic mass is 10.2. The van der Waals surface area contributed by atoms with Crippen LogP contribution in [0.4, 0.5) is 0 Å². The summed E-state index contributed by atoms with van der Waals surface area (Å²) >= 11 is 0. The Balaban J connectivity index is 1.75. The first-order valence-electron chi connectivity index (χ1n) is 10.4. The molecule has 4 aromatic rings. The van der Waals surface area contributed by atoms with Crippen LogP contribution in [-0.4, -0.2) is 39.5 Å².